The average molecular weight is 412 g/mol. The first-order chi connectivity index (χ1) is 14.7. The zero-order valence-electron chi connectivity index (χ0n) is 18.1. The van der Waals surface area contributed by atoms with Gasteiger partial charge in [-0.25, -0.2) is 0 Å². The van der Waals surface area contributed by atoms with Crippen molar-refractivity contribution >= 4 is 5.69 Å². The largest absolute Gasteiger partial charge is 0.504 e. The van der Waals surface area contributed by atoms with Gasteiger partial charge in [-0.05, 0) is 49.2 Å². The van der Waals surface area contributed by atoms with Gasteiger partial charge in [0, 0.05) is 45.3 Å². The van der Waals surface area contributed by atoms with Crippen LogP contribution in [-0.4, -0.2) is 74.4 Å². The molecule has 6 nitrogen and oxygen atoms in total. The van der Waals surface area contributed by atoms with Crippen molar-refractivity contribution in [3.8, 4) is 17.2 Å². The molecule has 0 aromatic heterocycles. The first-order valence-corrected chi connectivity index (χ1v) is 10.9. The van der Waals surface area contributed by atoms with Crippen LogP contribution in [0.2, 0.25) is 0 Å². The molecule has 2 aliphatic rings. The topological polar surface area (TPSA) is 48.4 Å². The molecule has 2 heterocycles. The molecule has 2 saturated heterocycles. The van der Waals surface area contributed by atoms with Crippen molar-refractivity contribution in [1.82, 2.24) is 9.80 Å². The molecule has 1 N–H and O–H groups in total. The monoisotopic (exact) mass is 411 g/mol. The number of piperazine rings is 1. The lowest BCUT2D eigenvalue weighted by Crippen LogP contribution is -2.55. The first-order valence-electron chi connectivity index (χ1n) is 10.9. The molecule has 0 bridgehead atoms. The van der Waals surface area contributed by atoms with Crippen molar-refractivity contribution in [3.63, 3.8) is 0 Å². The molecule has 0 unspecified atom stereocenters. The van der Waals surface area contributed by atoms with Gasteiger partial charge in [0.2, 0.25) is 0 Å². The number of likely N-dealkylation sites (tertiary alicyclic amines) is 1. The molecule has 2 aromatic rings. The van der Waals surface area contributed by atoms with E-state index in [1.165, 1.54) is 18.5 Å². The number of phenolic OH excluding ortho intramolecular Hbond substituents is 1. The zero-order valence-corrected chi connectivity index (χ0v) is 18.1. The molecule has 0 aliphatic carbocycles. The lowest BCUT2D eigenvalue weighted by molar-refractivity contribution is 0.0886. The molecule has 0 amide bonds. The molecule has 0 spiro atoms. The highest BCUT2D eigenvalue weighted by molar-refractivity contribution is 5.58. The fourth-order valence-electron chi connectivity index (χ4n) is 4.78. The van der Waals surface area contributed by atoms with E-state index in [4.69, 9.17) is 9.47 Å². The number of hydrogen-bond donors (Lipinski definition) is 1. The molecule has 4 rings (SSSR count). The van der Waals surface area contributed by atoms with Crippen molar-refractivity contribution in [2.24, 2.45) is 0 Å². The van der Waals surface area contributed by atoms with Crippen LogP contribution in [0.5, 0.6) is 17.2 Å². The van der Waals surface area contributed by atoms with Gasteiger partial charge in [-0.1, -0.05) is 18.2 Å². The van der Waals surface area contributed by atoms with E-state index < -0.39 is 0 Å². The summed E-state index contributed by atoms with van der Waals surface area (Å²) in [6.45, 7) is 7.30. The molecule has 0 saturated carbocycles. The molecule has 6 heteroatoms. The third-order valence-electron chi connectivity index (χ3n) is 6.39. The van der Waals surface area contributed by atoms with Crippen molar-refractivity contribution in [2.75, 3.05) is 58.4 Å². The van der Waals surface area contributed by atoms with Crippen LogP contribution in [0.4, 0.5) is 5.69 Å². The van der Waals surface area contributed by atoms with Crippen LogP contribution in [0.15, 0.2) is 42.5 Å². The average Bonchev–Trinajstić information content (AvgIpc) is 2.79. The fourth-order valence-corrected chi connectivity index (χ4v) is 4.78. The number of ether oxygens (including phenoxy) is 2. The molecule has 30 heavy (non-hydrogen) atoms. The summed E-state index contributed by atoms with van der Waals surface area (Å²) < 4.78 is 10.7. The SMILES string of the molecule is COc1ccc(CN2CCC[C@@H](N3CCN(c4ccccc4OC)CC3)C2)cc1O. The maximum absolute atomic E-state index is 10.1. The van der Waals surface area contributed by atoms with E-state index in [0.717, 1.165) is 57.1 Å². The van der Waals surface area contributed by atoms with Crippen molar-refractivity contribution in [1.29, 1.82) is 0 Å². The summed E-state index contributed by atoms with van der Waals surface area (Å²) in [5.74, 6) is 1.71. The van der Waals surface area contributed by atoms with Crippen LogP contribution in [0.3, 0.4) is 0 Å². The number of phenols is 1. The highest BCUT2D eigenvalue weighted by atomic mass is 16.5. The van der Waals surface area contributed by atoms with E-state index in [1.54, 1.807) is 14.2 Å². The zero-order chi connectivity index (χ0) is 20.9. The number of methoxy groups -OCH3 is 2. The van der Waals surface area contributed by atoms with E-state index in [1.807, 2.05) is 30.3 Å². The Morgan fingerprint density at radius 2 is 1.70 bits per heavy atom. The van der Waals surface area contributed by atoms with E-state index in [9.17, 15) is 5.11 Å². The Bertz CT molecular complexity index is 836. The number of nitrogens with zero attached hydrogens (tertiary/aromatic N) is 3. The van der Waals surface area contributed by atoms with Crippen LogP contribution >= 0.6 is 0 Å². The predicted molar refractivity (Wildman–Crippen MR) is 120 cm³/mol. The molecule has 2 aliphatic heterocycles. The second-order valence-electron chi connectivity index (χ2n) is 8.23. The molecule has 2 aromatic carbocycles. The van der Waals surface area contributed by atoms with Gasteiger partial charge in [0.1, 0.15) is 5.75 Å². The van der Waals surface area contributed by atoms with E-state index >= 15 is 0 Å². The molecular formula is C24H33N3O3. The van der Waals surface area contributed by atoms with Crippen LogP contribution in [0, 0.1) is 0 Å². The van der Waals surface area contributed by atoms with Crippen LogP contribution in [-0.2, 0) is 6.54 Å². The summed E-state index contributed by atoms with van der Waals surface area (Å²) in [6, 6.07) is 14.6. The normalized spacial score (nSPS) is 20.9. The van der Waals surface area contributed by atoms with Gasteiger partial charge in [-0.15, -0.1) is 0 Å². The van der Waals surface area contributed by atoms with Crippen LogP contribution < -0.4 is 14.4 Å². The third kappa shape index (κ3) is 4.65. The van der Waals surface area contributed by atoms with Crippen LogP contribution in [0.1, 0.15) is 18.4 Å². The van der Waals surface area contributed by atoms with Crippen molar-refractivity contribution in [2.45, 2.75) is 25.4 Å². The Morgan fingerprint density at radius 3 is 2.43 bits per heavy atom. The second-order valence-corrected chi connectivity index (χ2v) is 8.23. The molecule has 0 radical (unpaired) electrons. The van der Waals surface area contributed by atoms with Gasteiger partial charge in [0.15, 0.2) is 11.5 Å². The second kappa shape index (κ2) is 9.58. The molecule has 2 fully saturated rings. The smallest absolute Gasteiger partial charge is 0.160 e. The van der Waals surface area contributed by atoms with Crippen molar-refractivity contribution < 1.29 is 14.6 Å². The van der Waals surface area contributed by atoms with Gasteiger partial charge in [-0.3, -0.25) is 9.80 Å². The quantitative estimate of drug-likeness (QED) is 0.788. The maximum atomic E-state index is 10.1. The van der Waals surface area contributed by atoms with Gasteiger partial charge in [-0.2, -0.15) is 0 Å². The minimum Gasteiger partial charge on any atom is -0.504 e. The van der Waals surface area contributed by atoms with Crippen molar-refractivity contribution in [3.05, 3.63) is 48.0 Å². The van der Waals surface area contributed by atoms with Gasteiger partial charge in [0.25, 0.3) is 0 Å². The summed E-state index contributed by atoms with van der Waals surface area (Å²) in [4.78, 5) is 7.61. The standard InChI is InChI=1S/C24H33N3O3/c1-29-23-8-4-3-7-21(23)27-14-12-26(13-15-27)20-6-5-11-25(18-20)17-19-9-10-24(30-2)22(28)16-19/h3-4,7-10,16,20,28H,5-6,11-15,17-18H2,1-2H3/t20-/m1/s1. The number of para-hydroxylation sites is 2. The molecular weight excluding hydrogens is 378 g/mol. The van der Waals surface area contributed by atoms with E-state index in [0.29, 0.717) is 11.8 Å². The Morgan fingerprint density at radius 1 is 0.933 bits per heavy atom. The van der Waals surface area contributed by atoms with Gasteiger partial charge in [0.05, 0.1) is 19.9 Å². The maximum Gasteiger partial charge on any atom is 0.160 e. The minimum atomic E-state index is 0.219. The Hall–Kier alpha value is -2.44. The minimum absolute atomic E-state index is 0.219. The predicted octanol–water partition coefficient (Wildman–Crippen LogP) is 3.20. The van der Waals surface area contributed by atoms with Gasteiger partial charge >= 0.3 is 0 Å². The Kier molecular flexibility index (Phi) is 6.65. The summed E-state index contributed by atoms with van der Waals surface area (Å²) in [7, 11) is 3.33. The Labute approximate surface area is 179 Å². The number of benzene rings is 2. The first kappa shape index (κ1) is 20.8. The number of hydrogen-bond acceptors (Lipinski definition) is 6. The van der Waals surface area contributed by atoms with Crippen LogP contribution in [0.25, 0.3) is 0 Å². The number of piperidine rings is 1. The van der Waals surface area contributed by atoms with Gasteiger partial charge < -0.3 is 19.5 Å². The highest BCUT2D eigenvalue weighted by Gasteiger charge is 2.28. The molecule has 162 valence electrons. The number of anilines is 1. The lowest BCUT2D eigenvalue weighted by atomic mass is 10.0. The van der Waals surface area contributed by atoms with E-state index in [-0.39, 0.29) is 5.75 Å². The third-order valence-corrected chi connectivity index (χ3v) is 6.39. The van der Waals surface area contributed by atoms with E-state index in [2.05, 4.69) is 26.8 Å². The summed E-state index contributed by atoms with van der Waals surface area (Å²) in [5, 5.41) is 10.1. The Balaban J connectivity index is 1.32. The summed E-state index contributed by atoms with van der Waals surface area (Å²) in [6.07, 6.45) is 2.48. The number of aromatic hydroxyl groups is 1. The number of rotatable bonds is 6. The summed E-state index contributed by atoms with van der Waals surface area (Å²) >= 11 is 0. The highest BCUT2D eigenvalue weighted by Crippen LogP contribution is 2.30. The fraction of sp³-hybridized carbons (Fsp3) is 0.500. The molecule has 1 atom stereocenters. The summed E-state index contributed by atoms with van der Waals surface area (Å²) in [5.41, 5.74) is 2.33. The lowest BCUT2D eigenvalue weighted by Gasteiger charge is -2.44.